The highest BCUT2D eigenvalue weighted by Crippen LogP contribution is 2.24. The van der Waals surface area contributed by atoms with Crippen molar-refractivity contribution >= 4 is 5.91 Å². The molecule has 0 heterocycles. The second kappa shape index (κ2) is 8.22. The Labute approximate surface area is 129 Å². The van der Waals surface area contributed by atoms with Gasteiger partial charge in [-0.25, -0.2) is 8.78 Å². The predicted molar refractivity (Wildman–Crippen MR) is 80.3 cm³/mol. The molecule has 2 atom stereocenters. The van der Waals surface area contributed by atoms with Gasteiger partial charge in [0.05, 0.1) is 0 Å². The van der Waals surface area contributed by atoms with Gasteiger partial charge in [0, 0.05) is 25.0 Å². The van der Waals surface area contributed by atoms with Crippen LogP contribution in [0.15, 0.2) is 18.2 Å². The number of aliphatic hydroxyl groups excluding tert-OH is 1. The van der Waals surface area contributed by atoms with Gasteiger partial charge in [-0.1, -0.05) is 18.9 Å². The van der Waals surface area contributed by atoms with Gasteiger partial charge in [0.2, 0.25) is 5.91 Å². The molecule has 5 heteroatoms. The summed E-state index contributed by atoms with van der Waals surface area (Å²) in [5.74, 6) is -1.58. The molecule has 2 unspecified atom stereocenters. The lowest BCUT2D eigenvalue weighted by Crippen LogP contribution is -2.43. The van der Waals surface area contributed by atoms with Gasteiger partial charge in [-0.2, -0.15) is 0 Å². The molecule has 1 fully saturated rings. The Morgan fingerprint density at radius 2 is 2.00 bits per heavy atom. The van der Waals surface area contributed by atoms with E-state index < -0.39 is 11.6 Å². The van der Waals surface area contributed by atoms with E-state index in [1.165, 1.54) is 6.07 Å². The number of halogens is 2. The molecule has 22 heavy (non-hydrogen) atoms. The summed E-state index contributed by atoms with van der Waals surface area (Å²) >= 11 is 0. The van der Waals surface area contributed by atoms with Crippen LogP contribution in [-0.4, -0.2) is 23.7 Å². The Kier molecular flexibility index (Phi) is 6.31. The van der Waals surface area contributed by atoms with Gasteiger partial charge in [0.1, 0.15) is 0 Å². The summed E-state index contributed by atoms with van der Waals surface area (Å²) in [4.78, 5) is 12.0. The standard InChI is InChI=1S/C17H23F2NO2/c18-14-9-8-12(10-15(14)19)4-3-7-17(22)20-16-6-2-1-5-13(16)11-21/h8-10,13,16,21H,1-7,11H2,(H,20,22). The van der Waals surface area contributed by atoms with Crippen molar-refractivity contribution in [3.05, 3.63) is 35.4 Å². The minimum Gasteiger partial charge on any atom is -0.396 e. The van der Waals surface area contributed by atoms with Gasteiger partial charge < -0.3 is 10.4 Å². The molecule has 3 nitrogen and oxygen atoms in total. The van der Waals surface area contributed by atoms with Crippen molar-refractivity contribution < 1.29 is 18.7 Å². The lowest BCUT2D eigenvalue weighted by molar-refractivity contribution is -0.122. The summed E-state index contributed by atoms with van der Waals surface area (Å²) in [5.41, 5.74) is 0.692. The molecule has 1 aromatic rings. The van der Waals surface area contributed by atoms with Crippen molar-refractivity contribution in [1.82, 2.24) is 5.32 Å². The Balaban J connectivity index is 1.74. The zero-order valence-electron chi connectivity index (χ0n) is 12.7. The maximum atomic E-state index is 13.1. The number of hydrogen-bond acceptors (Lipinski definition) is 2. The Morgan fingerprint density at radius 3 is 2.73 bits per heavy atom. The zero-order chi connectivity index (χ0) is 15.9. The van der Waals surface area contributed by atoms with E-state index >= 15 is 0 Å². The van der Waals surface area contributed by atoms with Gasteiger partial charge >= 0.3 is 0 Å². The van der Waals surface area contributed by atoms with Gasteiger partial charge in [-0.15, -0.1) is 0 Å². The molecule has 0 aliphatic heterocycles. The molecule has 1 saturated carbocycles. The molecule has 1 aromatic carbocycles. The lowest BCUT2D eigenvalue weighted by atomic mass is 9.85. The minimum absolute atomic E-state index is 0.0343. The van der Waals surface area contributed by atoms with Gasteiger partial charge in [-0.3, -0.25) is 4.79 Å². The normalized spacial score (nSPS) is 21.6. The summed E-state index contributed by atoms with van der Waals surface area (Å²) < 4.78 is 25.9. The van der Waals surface area contributed by atoms with E-state index in [1.807, 2.05) is 0 Å². The molecule has 0 spiro atoms. The second-order valence-corrected chi connectivity index (χ2v) is 6.00. The third kappa shape index (κ3) is 4.77. The van der Waals surface area contributed by atoms with E-state index in [1.54, 1.807) is 6.07 Å². The molecule has 1 amide bonds. The third-order valence-electron chi connectivity index (χ3n) is 4.34. The quantitative estimate of drug-likeness (QED) is 0.848. The molecule has 0 saturated heterocycles. The van der Waals surface area contributed by atoms with Crippen LogP contribution in [0, 0.1) is 17.6 Å². The number of benzene rings is 1. The summed E-state index contributed by atoms with van der Waals surface area (Å²) in [6.07, 6.45) is 5.54. The van der Waals surface area contributed by atoms with Crippen LogP contribution in [0.4, 0.5) is 8.78 Å². The Morgan fingerprint density at radius 1 is 1.23 bits per heavy atom. The minimum atomic E-state index is -0.853. The molecule has 1 aliphatic rings. The van der Waals surface area contributed by atoms with Crippen molar-refractivity contribution in [1.29, 1.82) is 0 Å². The second-order valence-electron chi connectivity index (χ2n) is 6.00. The first kappa shape index (κ1) is 16.9. The number of aryl methyl sites for hydroxylation is 1. The molecular weight excluding hydrogens is 288 g/mol. The lowest BCUT2D eigenvalue weighted by Gasteiger charge is -2.30. The first-order valence-electron chi connectivity index (χ1n) is 7.94. The van der Waals surface area contributed by atoms with Crippen molar-refractivity contribution in [3.8, 4) is 0 Å². The molecule has 2 N–H and O–H groups in total. The summed E-state index contributed by atoms with van der Waals surface area (Å²) in [5, 5.41) is 12.3. The van der Waals surface area contributed by atoms with Crippen LogP contribution < -0.4 is 5.32 Å². The van der Waals surface area contributed by atoms with Crippen LogP contribution in [0.1, 0.15) is 44.1 Å². The fourth-order valence-corrected chi connectivity index (χ4v) is 3.04. The topological polar surface area (TPSA) is 49.3 Å². The van der Waals surface area contributed by atoms with Gasteiger partial charge in [0.15, 0.2) is 11.6 Å². The maximum absolute atomic E-state index is 13.1. The third-order valence-corrected chi connectivity index (χ3v) is 4.34. The molecule has 0 aromatic heterocycles. The smallest absolute Gasteiger partial charge is 0.220 e. The van der Waals surface area contributed by atoms with Crippen LogP contribution in [0.5, 0.6) is 0 Å². The van der Waals surface area contributed by atoms with E-state index in [-0.39, 0.29) is 24.5 Å². The van der Waals surface area contributed by atoms with Gasteiger partial charge in [-0.05, 0) is 43.4 Å². The van der Waals surface area contributed by atoms with Crippen LogP contribution in [0.2, 0.25) is 0 Å². The zero-order valence-corrected chi connectivity index (χ0v) is 12.7. The van der Waals surface area contributed by atoms with E-state index in [0.717, 1.165) is 31.7 Å². The van der Waals surface area contributed by atoms with Crippen LogP contribution >= 0.6 is 0 Å². The Bertz CT molecular complexity index is 507. The fourth-order valence-electron chi connectivity index (χ4n) is 3.04. The summed E-state index contributed by atoms with van der Waals surface area (Å²) in [6.45, 7) is 0.111. The molecule has 0 bridgehead atoms. The van der Waals surface area contributed by atoms with Crippen molar-refractivity contribution in [3.63, 3.8) is 0 Å². The summed E-state index contributed by atoms with van der Waals surface area (Å²) in [7, 11) is 0. The highest BCUT2D eigenvalue weighted by atomic mass is 19.2. The molecular formula is C17H23F2NO2. The number of nitrogens with one attached hydrogen (secondary N) is 1. The maximum Gasteiger partial charge on any atom is 0.220 e. The number of aliphatic hydroxyl groups is 1. The van der Waals surface area contributed by atoms with Crippen molar-refractivity contribution in [2.24, 2.45) is 5.92 Å². The average molecular weight is 311 g/mol. The SMILES string of the molecule is O=C(CCCc1ccc(F)c(F)c1)NC1CCCCC1CO. The Hall–Kier alpha value is -1.49. The first-order chi connectivity index (χ1) is 10.6. The number of amides is 1. The molecule has 0 radical (unpaired) electrons. The number of hydrogen-bond donors (Lipinski definition) is 2. The highest BCUT2D eigenvalue weighted by Gasteiger charge is 2.25. The van der Waals surface area contributed by atoms with Crippen LogP contribution in [-0.2, 0) is 11.2 Å². The van der Waals surface area contributed by atoms with Crippen molar-refractivity contribution in [2.45, 2.75) is 51.0 Å². The molecule has 122 valence electrons. The van der Waals surface area contributed by atoms with Crippen LogP contribution in [0.3, 0.4) is 0 Å². The van der Waals surface area contributed by atoms with Crippen molar-refractivity contribution in [2.75, 3.05) is 6.61 Å². The fraction of sp³-hybridized carbons (Fsp3) is 0.588. The average Bonchev–Trinajstić information content (AvgIpc) is 2.51. The van der Waals surface area contributed by atoms with Crippen LogP contribution in [0.25, 0.3) is 0 Å². The first-order valence-corrected chi connectivity index (χ1v) is 7.94. The largest absolute Gasteiger partial charge is 0.396 e. The predicted octanol–water partition coefficient (Wildman–Crippen LogP) is 2.95. The van der Waals surface area contributed by atoms with E-state index in [4.69, 9.17) is 0 Å². The molecule has 1 aliphatic carbocycles. The number of rotatable bonds is 6. The van der Waals surface area contributed by atoms with E-state index in [0.29, 0.717) is 24.8 Å². The summed E-state index contributed by atoms with van der Waals surface area (Å²) in [6, 6.07) is 3.89. The highest BCUT2D eigenvalue weighted by molar-refractivity contribution is 5.76. The van der Waals surface area contributed by atoms with E-state index in [2.05, 4.69) is 5.32 Å². The molecule has 2 rings (SSSR count). The monoisotopic (exact) mass is 311 g/mol. The number of carbonyl (C=O) groups excluding carboxylic acids is 1. The number of carbonyl (C=O) groups is 1. The van der Waals surface area contributed by atoms with E-state index in [9.17, 15) is 18.7 Å². The van der Waals surface area contributed by atoms with Gasteiger partial charge in [0.25, 0.3) is 0 Å².